The number of nitrogens with one attached hydrogen (secondary N) is 1. The highest BCUT2D eigenvalue weighted by atomic mass is 16.5. The Labute approximate surface area is 130 Å². The van der Waals surface area contributed by atoms with Crippen molar-refractivity contribution in [2.75, 3.05) is 26.4 Å². The molecule has 5 heteroatoms. The van der Waals surface area contributed by atoms with Gasteiger partial charge in [-0.3, -0.25) is 4.79 Å². The summed E-state index contributed by atoms with van der Waals surface area (Å²) >= 11 is 0. The van der Waals surface area contributed by atoms with Crippen LogP contribution < -0.4 is 4.74 Å². The predicted octanol–water partition coefficient (Wildman–Crippen LogP) is 2.82. The first-order valence-electron chi connectivity index (χ1n) is 7.66. The fraction of sp³-hybridized carbons (Fsp3) is 0.471. The number of aromatic nitrogens is 1. The summed E-state index contributed by atoms with van der Waals surface area (Å²) in [6.45, 7) is 8.40. The number of hydrogen-bond acceptors (Lipinski definition) is 3. The first-order valence-corrected chi connectivity index (χ1v) is 7.66. The molecule has 1 N–H and O–H groups in total. The summed E-state index contributed by atoms with van der Waals surface area (Å²) in [6.07, 6.45) is 0. The van der Waals surface area contributed by atoms with E-state index in [1.165, 1.54) is 0 Å². The van der Waals surface area contributed by atoms with E-state index in [9.17, 15) is 4.79 Å². The summed E-state index contributed by atoms with van der Waals surface area (Å²) in [4.78, 5) is 17.9. The second kappa shape index (κ2) is 5.65. The molecule has 1 saturated heterocycles. The quantitative estimate of drug-likeness (QED) is 0.948. The van der Waals surface area contributed by atoms with Crippen LogP contribution in [0, 0.1) is 0 Å². The second-order valence-corrected chi connectivity index (χ2v) is 6.19. The lowest BCUT2D eigenvalue weighted by atomic mass is 10.0. The van der Waals surface area contributed by atoms with Gasteiger partial charge in [0.1, 0.15) is 11.4 Å². The number of nitrogens with zero attached hydrogens (tertiary/aromatic N) is 1. The number of amides is 1. The van der Waals surface area contributed by atoms with Crippen LogP contribution in [0.15, 0.2) is 24.3 Å². The maximum atomic E-state index is 12.8. The van der Waals surface area contributed by atoms with E-state index in [1.807, 2.05) is 49.9 Å². The van der Waals surface area contributed by atoms with Gasteiger partial charge in [-0.2, -0.15) is 0 Å². The van der Waals surface area contributed by atoms with Gasteiger partial charge in [0.05, 0.1) is 25.4 Å². The molecule has 22 heavy (non-hydrogen) atoms. The van der Waals surface area contributed by atoms with Crippen LogP contribution in [0.3, 0.4) is 0 Å². The highest BCUT2D eigenvalue weighted by Crippen LogP contribution is 2.25. The Kier molecular flexibility index (Phi) is 3.83. The Morgan fingerprint density at radius 2 is 2.23 bits per heavy atom. The molecule has 1 aliphatic rings. The highest BCUT2D eigenvalue weighted by molar-refractivity contribution is 5.98. The molecule has 0 atom stereocenters. The normalized spacial score (nSPS) is 17.7. The van der Waals surface area contributed by atoms with Gasteiger partial charge in [0, 0.05) is 23.5 Å². The number of morpholine rings is 1. The van der Waals surface area contributed by atoms with Crippen molar-refractivity contribution >= 4 is 16.8 Å². The van der Waals surface area contributed by atoms with Gasteiger partial charge in [-0.05, 0) is 39.0 Å². The first kappa shape index (κ1) is 14.9. The highest BCUT2D eigenvalue weighted by Gasteiger charge is 2.35. The van der Waals surface area contributed by atoms with E-state index >= 15 is 0 Å². The first-order chi connectivity index (χ1) is 10.5. The third-order valence-corrected chi connectivity index (χ3v) is 4.03. The molecular formula is C17H22N2O3. The molecule has 0 spiro atoms. The fourth-order valence-electron chi connectivity index (χ4n) is 2.86. The number of carbonyl (C=O) groups is 1. The van der Waals surface area contributed by atoms with Gasteiger partial charge >= 0.3 is 0 Å². The lowest BCUT2D eigenvalue weighted by Gasteiger charge is -2.41. The van der Waals surface area contributed by atoms with Gasteiger partial charge in [0.25, 0.3) is 5.91 Å². The molecule has 1 amide bonds. The zero-order chi connectivity index (χ0) is 15.7. The largest absolute Gasteiger partial charge is 0.494 e. The average molecular weight is 302 g/mol. The third-order valence-electron chi connectivity index (χ3n) is 4.03. The van der Waals surface area contributed by atoms with Gasteiger partial charge < -0.3 is 19.4 Å². The van der Waals surface area contributed by atoms with Crippen molar-refractivity contribution in [3.8, 4) is 5.75 Å². The summed E-state index contributed by atoms with van der Waals surface area (Å²) in [6, 6.07) is 7.73. The molecule has 2 heterocycles. The smallest absolute Gasteiger partial charge is 0.270 e. The molecule has 0 saturated carbocycles. The van der Waals surface area contributed by atoms with Crippen molar-refractivity contribution in [1.82, 2.24) is 9.88 Å². The zero-order valence-corrected chi connectivity index (χ0v) is 13.3. The number of hydrogen-bond donors (Lipinski definition) is 1. The summed E-state index contributed by atoms with van der Waals surface area (Å²) in [7, 11) is 0. The van der Waals surface area contributed by atoms with Crippen LogP contribution in [0.1, 0.15) is 31.3 Å². The number of carbonyl (C=O) groups excluding carboxylic acids is 1. The van der Waals surface area contributed by atoms with E-state index in [-0.39, 0.29) is 11.4 Å². The Hall–Kier alpha value is -2.01. The number of fused-ring (bicyclic) bond motifs is 1. The van der Waals surface area contributed by atoms with E-state index in [0.717, 1.165) is 16.7 Å². The maximum absolute atomic E-state index is 12.8. The van der Waals surface area contributed by atoms with Crippen molar-refractivity contribution in [3.63, 3.8) is 0 Å². The van der Waals surface area contributed by atoms with E-state index in [2.05, 4.69) is 4.98 Å². The van der Waals surface area contributed by atoms with Gasteiger partial charge in [-0.25, -0.2) is 0 Å². The molecule has 118 valence electrons. The molecule has 3 rings (SSSR count). The lowest BCUT2D eigenvalue weighted by molar-refractivity contribution is -0.0372. The fourth-order valence-corrected chi connectivity index (χ4v) is 2.86. The third kappa shape index (κ3) is 2.68. The molecule has 1 fully saturated rings. The van der Waals surface area contributed by atoms with Crippen LogP contribution in [0.5, 0.6) is 5.75 Å². The van der Waals surface area contributed by atoms with E-state index in [1.54, 1.807) is 0 Å². The molecule has 5 nitrogen and oxygen atoms in total. The van der Waals surface area contributed by atoms with E-state index in [4.69, 9.17) is 9.47 Å². The number of ether oxygens (including phenoxy) is 2. The van der Waals surface area contributed by atoms with Crippen LogP contribution in [0.2, 0.25) is 0 Å². The molecular weight excluding hydrogens is 280 g/mol. The summed E-state index contributed by atoms with van der Waals surface area (Å²) < 4.78 is 11.0. The summed E-state index contributed by atoms with van der Waals surface area (Å²) in [5, 5.41) is 1.01. The Morgan fingerprint density at radius 3 is 2.95 bits per heavy atom. The van der Waals surface area contributed by atoms with Crippen LogP contribution in [-0.4, -0.2) is 47.7 Å². The number of H-pyrrole nitrogens is 1. The Balaban J connectivity index is 1.90. The maximum Gasteiger partial charge on any atom is 0.270 e. The molecule has 1 aliphatic heterocycles. The van der Waals surface area contributed by atoms with Gasteiger partial charge in [0.15, 0.2) is 0 Å². The minimum absolute atomic E-state index is 0.0162. The molecule has 2 aromatic rings. The van der Waals surface area contributed by atoms with E-state index < -0.39 is 0 Å². The Bertz CT molecular complexity index is 690. The molecule has 1 aromatic carbocycles. The average Bonchev–Trinajstić information content (AvgIpc) is 2.89. The second-order valence-electron chi connectivity index (χ2n) is 6.19. The predicted molar refractivity (Wildman–Crippen MR) is 85.4 cm³/mol. The van der Waals surface area contributed by atoms with Crippen molar-refractivity contribution < 1.29 is 14.3 Å². The number of rotatable bonds is 3. The van der Waals surface area contributed by atoms with Gasteiger partial charge in [-0.1, -0.05) is 0 Å². The summed E-state index contributed by atoms with van der Waals surface area (Å²) in [5.74, 6) is 0.824. The molecule has 0 bridgehead atoms. The van der Waals surface area contributed by atoms with Crippen molar-refractivity contribution in [1.29, 1.82) is 0 Å². The van der Waals surface area contributed by atoms with E-state index in [0.29, 0.717) is 32.1 Å². The lowest BCUT2D eigenvalue weighted by Crippen LogP contribution is -2.55. The molecule has 0 aliphatic carbocycles. The van der Waals surface area contributed by atoms with Crippen molar-refractivity contribution in [2.45, 2.75) is 26.3 Å². The molecule has 0 unspecified atom stereocenters. The van der Waals surface area contributed by atoms with Crippen molar-refractivity contribution in [2.24, 2.45) is 0 Å². The molecule has 1 aromatic heterocycles. The number of aromatic amines is 1. The standard InChI is InChI=1S/C17H22N2O3/c1-4-22-13-6-5-12-9-15(18-14(12)10-13)16(20)19-7-8-21-11-17(19,2)3/h5-6,9-10,18H,4,7-8,11H2,1-3H3. The van der Waals surface area contributed by atoms with Gasteiger partial charge in [0.2, 0.25) is 0 Å². The van der Waals surface area contributed by atoms with Crippen LogP contribution in [0.25, 0.3) is 10.9 Å². The Morgan fingerprint density at radius 1 is 1.41 bits per heavy atom. The van der Waals surface area contributed by atoms with Crippen LogP contribution in [-0.2, 0) is 4.74 Å². The topological polar surface area (TPSA) is 54.6 Å². The zero-order valence-electron chi connectivity index (χ0n) is 13.3. The summed E-state index contributed by atoms with van der Waals surface area (Å²) in [5.41, 5.74) is 1.24. The number of benzene rings is 1. The minimum Gasteiger partial charge on any atom is -0.494 e. The van der Waals surface area contributed by atoms with Crippen molar-refractivity contribution in [3.05, 3.63) is 30.0 Å². The van der Waals surface area contributed by atoms with Crippen LogP contribution >= 0.6 is 0 Å². The SMILES string of the molecule is CCOc1ccc2cc(C(=O)N3CCOCC3(C)C)[nH]c2c1. The molecule has 0 radical (unpaired) electrons. The minimum atomic E-state index is -0.289. The van der Waals surface area contributed by atoms with Crippen LogP contribution in [0.4, 0.5) is 0 Å². The monoisotopic (exact) mass is 302 g/mol. The van der Waals surface area contributed by atoms with Gasteiger partial charge in [-0.15, -0.1) is 0 Å².